The Bertz CT molecular complexity index is 570. The number of hydrogen-bond acceptors (Lipinski definition) is 2. The summed E-state index contributed by atoms with van der Waals surface area (Å²) in [5.41, 5.74) is 1.73. The summed E-state index contributed by atoms with van der Waals surface area (Å²) in [5.74, 6) is 0.360. The molecule has 0 radical (unpaired) electrons. The van der Waals surface area contributed by atoms with E-state index in [0.717, 1.165) is 11.4 Å². The molecule has 2 aromatic carbocycles. The molecule has 21 heavy (non-hydrogen) atoms. The minimum absolute atomic E-state index is 0.00565. The number of para-hydroxylation sites is 2. The molecule has 3 rings (SSSR count). The number of amides is 1. The first kappa shape index (κ1) is 13.8. The zero-order valence-electron chi connectivity index (χ0n) is 12.3. The van der Waals surface area contributed by atoms with Gasteiger partial charge in [-0.15, -0.1) is 0 Å². The van der Waals surface area contributed by atoms with Gasteiger partial charge in [-0.3, -0.25) is 9.69 Å². The van der Waals surface area contributed by atoms with Crippen molar-refractivity contribution in [2.75, 3.05) is 4.90 Å². The number of hydrogen-bond donors (Lipinski definition) is 0. The number of rotatable bonds is 4. The summed E-state index contributed by atoms with van der Waals surface area (Å²) < 4.78 is 5.57. The number of benzene rings is 2. The molecule has 2 aromatic rings. The Morgan fingerprint density at radius 3 is 1.81 bits per heavy atom. The molecule has 0 unspecified atom stereocenters. The number of nitrogens with zero attached hydrogens (tertiary/aromatic N) is 1. The van der Waals surface area contributed by atoms with Gasteiger partial charge in [-0.25, -0.2) is 0 Å². The van der Waals surface area contributed by atoms with E-state index in [0.29, 0.717) is 5.92 Å². The molecule has 0 aliphatic carbocycles. The third-order valence-electron chi connectivity index (χ3n) is 3.68. The van der Waals surface area contributed by atoms with Gasteiger partial charge in [-0.1, -0.05) is 50.2 Å². The lowest BCUT2D eigenvalue weighted by molar-refractivity contribution is -0.119. The Balaban J connectivity index is 1.93. The van der Waals surface area contributed by atoms with Crippen molar-refractivity contribution in [3.05, 3.63) is 60.7 Å². The lowest BCUT2D eigenvalue weighted by atomic mass is 10.1. The molecule has 1 aliphatic heterocycles. The van der Waals surface area contributed by atoms with Crippen LogP contribution in [-0.2, 0) is 9.53 Å². The second-order valence-electron chi connectivity index (χ2n) is 5.61. The Labute approximate surface area is 125 Å². The standard InChI is InChI=1S/C18H19NO2/c1-13(2)16-17(21-16)18(20)19(14-9-5-3-6-10-14)15-11-7-4-8-12-15/h3-13,16-17H,1-2H3/t16-,17-/m1/s1. The average molecular weight is 281 g/mol. The van der Waals surface area contributed by atoms with Crippen molar-refractivity contribution >= 4 is 17.3 Å². The van der Waals surface area contributed by atoms with Gasteiger partial charge < -0.3 is 4.74 Å². The van der Waals surface area contributed by atoms with Crippen LogP contribution in [0.1, 0.15) is 13.8 Å². The fourth-order valence-corrected chi connectivity index (χ4v) is 2.51. The first-order valence-electron chi connectivity index (χ1n) is 7.28. The second-order valence-corrected chi connectivity index (χ2v) is 5.61. The number of carbonyl (C=O) groups is 1. The predicted molar refractivity (Wildman–Crippen MR) is 83.5 cm³/mol. The third-order valence-corrected chi connectivity index (χ3v) is 3.68. The monoisotopic (exact) mass is 281 g/mol. The van der Waals surface area contributed by atoms with E-state index in [2.05, 4.69) is 13.8 Å². The lowest BCUT2D eigenvalue weighted by Crippen LogP contribution is -2.31. The minimum Gasteiger partial charge on any atom is -0.359 e. The summed E-state index contributed by atoms with van der Waals surface area (Å²) >= 11 is 0. The zero-order valence-corrected chi connectivity index (χ0v) is 12.3. The summed E-state index contributed by atoms with van der Waals surface area (Å²) in [6.07, 6.45) is -0.294. The molecule has 1 saturated heterocycles. The predicted octanol–water partition coefficient (Wildman–Crippen LogP) is 3.77. The molecule has 0 spiro atoms. The van der Waals surface area contributed by atoms with Crippen LogP contribution in [0.15, 0.2) is 60.7 Å². The van der Waals surface area contributed by atoms with Gasteiger partial charge in [0.1, 0.15) is 0 Å². The van der Waals surface area contributed by atoms with E-state index in [-0.39, 0.29) is 18.1 Å². The summed E-state index contributed by atoms with van der Waals surface area (Å²) in [5, 5.41) is 0. The Hall–Kier alpha value is -2.13. The molecule has 108 valence electrons. The van der Waals surface area contributed by atoms with Gasteiger partial charge in [0.2, 0.25) is 0 Å². The van der Waals surface area contributed by atoms with Crippen LogP contribution >= 0.6 is 0 Å². The average Bonchev–Trinajstić information content (AvgIpc) is 3.30. The van der Waals surface area contributed by atoms with Crippen molar-refractivity contribution in [3.8, 4) is 0 Å². The van der Waals surface area contributed by atoms with Gasteiger partial charge >= 0.3 is 0 Å². The van der Waals surface area contributed by atoms with E-state index in [1.54, 1.807) is 4.90 Å². The Morgan fingerprint density at radius 1 is 0.952 bits per heavy atom. The maximum atomic E-state index is 12.8. The minimum atomic E-state index is -0.328. The van der Waals surface area contributed by atoms with Gasteiger partial charge in [0.25, 0.3) is 5.91 Å². The maximum absolute atomic E-state index is 12.8. The number of epoxide rings is 1. The van der Waals surface area contributed by atoms with Gasteiger partial charge in [0.15, 0.2) is 6.10 Å². The molecule has 1 aliphatic rings. The highest BCUT2D eigenvalue weighted by atomic mass is 16.6. The summed E-state index contributed by atoms with van der Waals surface area (Å²) in [7, 11) is 0. The van der Waals surface area contributed by atoms with Crippen molar-refractivity contribution in [2.45, 2.75) is 26.1 Å². The quantitative estimate of drug-likeness (QED) is 0.799. The fourth-order valence-electron chi connectivity index (χ4n) is 2.51. The SMILES string of the molecule is CC(C)[C@H]1O[C@H]1C(=O)N(c1ccccc1)c1ccccc1. The third kappa shape index (κ3) is 2.83. The van der Waals surface area contributed by atoms with Crippen molar-refractivity contribution in [1.29, 1.82) is 0 Å². The first-order valence-corrected chi connectivity index (χ1v) is 7.28. The van der Waals surface area contributed by atoms with Crippen LogP contribution in [0.25, 0.3) is 0 Å². The molecule has 0 bridgehead atoms. The van der Waals surface area contributed by atoms with Gasteiger partial charge in [-0.2, -0.15) is 0 Å². The van der Waals surface area contributed by atoms with Crippen molar-refractivity contribution in [1.82, 2.24) is 0 Å². The Morgan fingerprint density at radius 2 is 1.43 bits per heavy atom. The van der Waals surface area contributed by atoms with E-state index >= 15 is 0 Å². The molecule has 1 heterocycles. The van der Waals surface area contributed by atoms with Crippen molar-refractivity contribution in [3.63, 3.8) is 0 Å². The summed E-state index contributed by atoms with van der Waals surface area (Å²) in [6.45, 7) is 4.15. The highest BCUT2D eigenvalue weighted by Crippen LogP contribution is 2.35. The van der Waals surface area contributed by atoms with Gasteiger partial charge in [0, 0.05) is 11.4 Å². The molecule has 2 atom stereocenters. The Kier molecular flexibility index (Phi) is 3.76. The van der Waals surface area contributed by atoms with E-state index in [1.165, 1.54) is 0 Å². The van der Waals surface area contributed by atoms with Crippen LogP contribution in [0.3, 0.4) is 0 Å². The van der Waals surface area contributed by atoms with E-state index in [9.17, 15) is 4.79 Å². The van der Waals surface area contributed by atoms with Crippen LogP contribution in [-0.4, -0.2) is 18.1 Å². The molecule has 3 nitrogen and oxygen atoms in total. The van der Waals surface area contributed by atoms with Crippen LogP contribution < -0.4 is 4.90 Å². The van der Waals surface area contributed by atoms with Gasteiger partial charge in [-0.05, 0) is 30.2 Å². The van der Waals surface area contributed by atoms with Crippen LogP contribution in [0.2, 0.25) is 0 Å². The zero-order chi connectivity index (χ0) is 14.8. The van der Waals surface area contributed by atoms with E-state index < -0.39 is 0 Å². The van der Waals surface area contributed by atoms with E-state index in [4.69, 9.17) is 4.74 Å². The lowest BCUT2D eigenvalue weighted by Gasteiger charge is -2.22. The first-order chi connectivity index (χ1) is 10.2. The van der Waals surface area contributed by atoms with E-state index in [1.807, 2.05) is 60.7 Å². The number of ether oxygens (including phenoxy) is 1. The second kappa shape index (κ2) is 5.70. The largest absolute Gasteiger partial charge is 0.359 e. The molecule has 0 N–H and O–H groups in total. The molecular weight excluding hydrogens is 262 g/mol. The normalized spacial score (nSPS) is 20.3. The van der Waals surface area contributed by atoms with Gasteiger partial charge in [0.05, 0.1) is 6.10 Å². The maximum Gasteiger partial charge on any atom is 0.263 e. The highest BCUT2D eigenvalue weighted by molar-refractivity contribution is 6.04. The highest BCUT2D eigenvalue weighted by Gasteiger charge is 2.49. The smallest absolute Gasteiger partial charge is 0.263 e. The number of carbonyl (C=O) groups excluding carboxylic acids is 1. The van der Waals surface area contributed by atoms with Crippen molar-refractivity contribution < 1.29 is 9.53 Å². The molecule has 0 aromatic heterocycles. The summed E-state index contributed by atoms with van der Waals surface area (Å²) in [4.78, 5) is 14.6. The number of anilines is 2. The van der Waals surface area contributed by atoms with Crippen molar-refractivity contribution in [2.24, 2.45) is 5.92 Å². The molecular formula is C18H19NO2. The summed E-state index contributed by atoms with van der Waals surface area (Å²) in [6, 6.07) is 19.4. The molecule has 1 amide bonds. The fraction of sp³-hybridized carbons (Fsp3) is 0.278. The molecule has 3 heteroatoms. The van der Waals surface area contributed by atoms with Crippen LogP contribution in [0, 0.1) is 5.92 Å². The topological polar surface area (TPSA) is 32.8 Å². The molecule has 1 fully saturated rings. The molecule has 0 saturated carbocycles. The van der Waals surface area contributed by atoms with Crippen LogP contribution in [0.4, 0.5) is 11.4 Å². The van der Waals surface area contributed by atoms with Crippen LogP contribution in [0.5, 0.6) is 0 Å².